The lowest BCUT2D eigenvalue weighted by Crippen LogP contribution is -2.60. The molecule has 0 N–H and O–H groups in total. The van der Waals surface area contributed by atoms with Crippen LogP contribution in [0.5, 0.6) is 5.75 Å². The van der Waals surface area contributed by atoms with Gasteiger partial charge in [-0.15, -0.1) is 10.3 Å². The predicted octanol–water partition coefficient (Wildman–Crippen LogP) is 11.0. The molecule has 2 heterocycles. The van der Waals surface area contributed by atoms with Gasteiger partial charge in [-0.2, -0.15) is 0 Å². The van der Waals surface area contributed by atoms with Crippen molar-refractivity contribution in [3.8, 4) is 5.75 Å². The highest BCUT2D eigenvalue weighted by Gasteiger charge is 2.59. The summed E-state index contributed by atoms with van der Waals surface area (Å²) in [5.41, 5.74) is -1.03. The number of ether oxygens (including phenoxy) is 6. The molecule has 0 saturated heterocycles. The fourth-order valence-corrected chi connectivity index (χ4v) is 13.6. The van der Waals surface area contributed by atoms with E-state index < -0.39 is 83.7 Å². The third kappa shape index (κ3) is 14.4. The van der Waals surface area contributed by atoms with Crippen LogP contribution in [0.4, 0.5) is 11.4 Å². The number of allylic oxidation sites excluding steroid dienone is 1. The fourth-order valence-electron chi connectivity index (χ4n) is 8.63. The van der Waals surface area contributed by atoms with Crippen LogP contribution in [0, 0.1) is 15.5 Å². The van der Waals surface area contributed by atoms with Gasteiger partial charge in [0, 0.05) is 34.7 Å². The summed E-state index contributed by atoms with van der Waals surface area (Å²) in [7, 11) is -2.62. The van der Waals surface area contributed by atoms with E-state index in [1.165, 1.54) is 19.1 Å². The van der Waals surface area contributed by atoms with Gasteiger partial charge in [0.1, 0.15) is 47.4 Å². The van der Waals surface area contributed by atoms with E-state index in [1.807, 2.05) is 49.1 Å². The molecule has 2 aliphatic heterocycles. The molecular weight excluding hydrogens is 1020 g/mol. The van der Waals surface area contributed by atoms with Gasteiger partial charge >= 0.3 is 23.9 Å². The maximum atomic E-state index is 13.9. The van der Waals surface area contributed by atoms with Gasteiger partial charge in [0.15, 0.2) is 0 Å². The lowest BCUT2D eigenvalue weighted by Gasteiger charge is -2.56. The second kappa shape index (κ2) is 24.8. The smallest absolute Gasteiger partial charge is 0.319 e. The number of nitro groups is 1. The van der Waals surface area contributed by atoms with E-state index in [0.717, 1.165) is 42.7 Å². The first-order chi connectivity index (χ1) is 33.1. The topological polar surface area (TPSA) is 179 Å². The largest absolute Gasteiger partial charge is 0.464 e. The van der Waals surface area contributed by atoms with Gasteiger partial charge in [-0.1, -0.05) is 66.0 Å². The number of carbonyl (C=O) groups excluding carboxylic acids is 4. The van der Waals surface area contributed by atoms with Crippen LogP contribution in [-0.2, 0) is 52.5 Å². The van der Waals surface area contributed by atoms with Crippen LogP contribution >= 0.6 is 36.3 Å². The SMILES string of the molecule is CC=CC(C)(CCCC)S(C)(C)OC(C)(C)S(C)(C)CCCOCCOC(=O)CCC(=O)OCC(C)(COC(=O)C(C)Br)C(=O)OCCN1c2ccccc2C(C)(C)C12C=Cc1cc([N+](=O)[O-])ccc1O2. The van der Waals surface area contributed by atoms with Crippen LogP contribution in [0.3, 0.4) is 0 Å². The Balaban J connectivity index is 1.27. The number of benzene rings is 2. The second-order valence-corrected chi connectivity index (χ2v) is 30.0. The minimum absolute atomic E-state index is 0.0151. The number of fused-ring (bicyclic) bond motifs is 2. The number of nitrogens with zero attached hydrogens (tertiary/aromatic N) is 2. The standard InChI is InChI=1S/C53H79BrN2O13S2/c1-14-16-28-52(9,27-15-2)71(12,13)69-50(6,7)70(10,11)35-19-31-63-33-34-64-45(57)24-25-46(58)66-37-51(8,38-67-47(59)39(3)54)48(60)65-32-30-55-43-21-18-17-20-42(43)49(4,5)53(55)29-26-40-36-41(56(61)62)22-23-44(40)68-53/h15,17-18,20-23,26-27,29,36,39H,14,16,19,24-25,28,30-35,37-38H2,1-13H3. The van der Waals surface area contributed by atoms with Gasteiger partial charge in [-0.25, -0.2) is 10.0 Å². The van der Waals surface area contributed by atoms with Crippen molar-refractivity contribution in [2.24, 2.45) is 5.41 Å². The number of non-ortho nitro benzene ring substituents is 1. The third-order valence-corrected chi connectivity index (χ3v) is 21.9. The van der Waals surface area contributed by atoms with Gasteiger partial charge in [0.05, 0.1) is 36.3 Å². The summed E-state index contributed by atoms with van der Waals surface area (Å²) in [5.74, 6) is -1.35. The normalized spacial score (nSPS) is 18.9. The molecule has 0 saturated carbocycles. The van der Waals surface area contributed by atoms with Crippen LogP contribution in [0.15, 0.2) is 60.7 Å². The monoisotopic (exact) mass is 1090 g/mol. The number of hydrogen-bond donors (Lipinski definition) is 0. The first kappa shape index (κ1) is 59.5. The molecule has 398 valence electrons. The summed E-state index contributed by atoms with van der Waals surface area (Å²) < 4.78 is 41.8. The predicted molar refractivity (Wildman–Crippen MR) is 289 cm³/mol. The molecule has 15 nitrogen and oxygen atoms in total. The summed E-state index contributed by atoms with van der Waals surface area (Å²) in [4.78, 5) is 64.0. The van der Waals surface area contributed by atoms with Gasteiger partial charge in [-0.05, 0) is 129 Å². The average Bonchev–Trinajstić information content (AvgIpc) is 3.48. The molecule has 4 unspecified atom stereocenters. The molecule has 0 bridgehead atoms. The molecule has 0 aromatic heterocycles. The first-order valence-corrected chi connectivity index (χ1v) is 30.2. The van der Waals surface area contributed by atoms with E-state index in [1.54, 1.807) is 19.1 Å². The van der Waals surface area contributed by atoms with Crippen molar-refractivity contribution >= 4 is 77.6 Å². The van der Waals surface area contributed by atoms with Crippen molar-refractivity contribution < 1.29 is 56.7 Å². The van der Waals surface area contributed by atoms with Gasteiger partial charge < -0.3 is 37.5 Å². The number of hydrogen-bond acceptors (Lipinski definition) is 14. The number of esters is 4. The zero-order chi connectivity index (χ0) is 53.1. The highest BCUT2D eigenvalue weighted by molar-refractivity contribution is 9.10. The molecule has 4 rings (SSSR count). The van der Waals surface area contributed by atoms with Crippen LogP contribution in [-0.4, -0.2) is 126 Å². The second-order valence-electron chi connectivity index (χ2n) is 20.5. The molecule has 2 aromatic carbocycles. The van der Waals surface area contributed by atoms with E-state index in [4.69, 9.17) is 32.6 Å². The summed E-state index contributed by atoms with van der Waals surface area (Å²) in [5, 5.41) is 11.5. The minimum atomic E-state index is -1.61. The van der Waals surface area contributed by atoms with Crippen molar-refractivity contribution in [1.82, 2.24) is 0 Å². The van der Waals surface area contributed by atoms with Crippen molar-refractivity contribution in [3.05, 3.63) is 81.9 Å². The van der Waals surface area contributed by atoms with Gasteiger partial charge in [0.2, 0.25) is 5.72 Å². The Hall–Kier alpha value is -4.10. The van der Waals surface area contributed by atoms with E-state index in [-0.39, 0.29) is 54.6 Å². The number of para-hydroxylation sites is 1. The van der Waals surface area contributed by atoms with Crippen LogP contribution < -0.4 is 9.64 Å². The maximum Gasteiger partial charge on any atom is 0.319 e. The molecule has 0 amide bonds. The Morgan fingerprint density at radius 2 is 1.56 bits per heavy atom. The molecular formula is C53H79BrN2O13S2. The maximum absolute atomic E-state index is 13.9. The van der Waals surface area contributed by atoms with E-state index in [2.05, 4.69) is 87.7 Å². The summed E-state index contributed by atoms with van der Waals surface area (Å²) >= 11 is 3.18. The quantitative estimate of drug-likeness (QED) is 0.0149. The average molecular weight is 1100 g/mol. The zero-order valence-electron chi connectivity index (χ0n) is 44.2. The number of unbranched alkanes of at least 4 members (excludes halogenated alkanes) is 1. The van der Waals surface area contributed by atoms with E-state index >= 15 is 0 Å². The number of nitro benzene ring substituents is 1. The molecule has 0 fully saturated rings. The summed E-state index contributed by atoms with van der Waals surface area (Å²) in [6.45, 7) is 18.0. The molecule has 0 radical (unpaired) electrons. The van der Waals surface area contributed by atoms with Gasteiger partial charge in [-0.3, -0.25) is 29.3 Å². The number of anilines is 1. The Labute approximate surface area is 433 Å². The van der Waals surface area contributed by atoms with Gasteiger partial charge in [0.25, 0.3) is 5.69 Å². The summed E-state index contributed by atoms with van der Waals surface area (Å²) in [6.07, 6.45) is 21.0. The molecule has 71 heavy (non-hydrogen) atoms. The number of carbonyl (C=O) groups is 4. The molecule has 1 spiro atoms. The number of rotatable bonds is 28. The fraction of sp³-hybridized carbons (Fsp3) is 0.623. The molecule has 4 atom stereocenters. The molecule has 0 aliphatic carbocycles. The summed E-state index contributed by atoms with van der Waals surface area (Å²) in [6, 6.07) is 12.2. The molecule has 18 heteroatoms. The lowest BCUT2D eigenvalue weighted by molar-refractivity contribution is -0.384. The Bertz CT molecular complexity index is 2270. The highest BCUT2D eigenvalue weighted by atomic mass is 79.9. The van der Waals surface area contributed by atoms with Crippen molar-refractivity contribution in [2.75, 3.05) is 81.9 Å². The zero-order valence-corrected chi connectivity index (χ0v) is 47.4. The van der Waals surface area contributed by atoms with E-state index in [0.29, 0.717) is 17.9 Å². The van der Waals surface area contributed by atoms with Crippen molar-refractivity contribution in [3.63, 3.8) is 0 Å². The van der Waals surface area contributed by atoms with E-state index in [9.17, 15) is 29.3 Å². The Morgan fingerprint density at radius 1 is 0.901 bits per heavy atom. The van der Waals surface area contributed by atoms with Crippen molar-refractivity contribution in [2.45, 2.75) is 126 Å². The van der Waals surface area contributed by atoms with Crippen LogP contribution in [0.25, 0.3) is 6.08 Å². The lowest BCUT2D eigenvalue weighted by atomic mass is 9.76. The highest BCUT2D eigenvalue weighted by Crippen LogP contribution is 2.66. The number of halogens is 1. The third-order valence-electron chi connectivity index (χ3n) is 13.9. The van der Waals surface area contributed by atoms with Crippen LogP contribution in [0.1, 0.15) is 112 Å². The first-order valence-electron chi connectivity index (χ1n) is 24.3. The minimum Gasteiger partial charge on any atom is -0.464 e. The van der Waals surface area contributed by atoms with Crippen LogP contribution in [0.2, 0.25) is 0 Å². The molecule has 2 aromatic rings. The Kier molecular flexibility index (Phi) is 20.7. The number of alkyl halides is 1. The van der Waals surface area contributed by atoms with Crippen molar-refractivity contribution in [1.29, 1.82) is 0 Å². The molecule has 2 aliphatic rings. The Morgan fingerprint density at radius 3 is 2.21 bits per heavy atom.